The van der Waals surface area contributed by atoms with Gasteiger partial charge >= 0.3 is 5.69 Å². The van der Waals surface area contributed by atoms with E-state index in [9.17, 15) is 14.4 Å². The van der Waals surface area contributed by atoms with Crippen LogP contribution in [0.1, 0.15) is 37.5 Å². The topological polar surface area (TPSA) is 160 Å². The first-order valence-corrected chi connectivity index (χ1v) is 12.5. The number of para-hydroxylation sites is 1. The predicted octanol–water partition coefficient (Wildman–Crippen LogP) is 2.01. The fourth-order valence-electron chi connectivity index (χ4n) is 4.20. The number of carbonyl (C=O) groups is 1. The molecule has 12 nitrogen and oxygen atoms in total. The maximum Gasteiger partial charge on any atom is 0.333 e. The summed E-state index contributed by atoms with van der Waals surface area (Å²) in [4.78, 5) is 41.8. The normalized spacial score (nSPS) is 12.4. The van der Waals surface area contributed by atoms with Crippen molar-refractivity contribution >= 4 is 27.5 Å². The van der Waals surface area contributed by atoms with Gasteiger partial charge in [0.1, 0.15) is 27.2 Å². The van der Waals surface area contributed by atoms with Crippen LogP contribution in [0.2, 0.25) is 0 Å². The van der Waals surface area contributed by atoms with Crippen molar-refractivity contribution in [3.8, 4) is 16.8 Å². The minimum Gasteiger partial charge on any atom is -0.496 e. The zero-order valence-electron chi connectivity index (χ0n) is 21.4. The molecule has 1 aromatic carbocycles. The highest BCUT2D eigenvalue weighted by Gasteiger charge is 2.34. The average Bonchev–Trinajstić information content (AvgIpc) is 3.53. The molecule has 0 aliphatic carbocycles. The van der Waals surface area contributed by atoms with Gasteiger partial charge in [0.2, 0.25) is 5.91 Å². The summed E-state index contributed by atoms with van der Waals surface area (Å²) >= 11 is 1.17. The van der Waals surface area contributed by atoms with Crippen molar-refractivity contribution in [2.45, 2.75) is 45.4 Å². The molecular weight excluding hydrogens is 510 g/mol. The molecule has 2 N–H and O–H groups in total. The molecule has 4 aromatic rings. The van der Waals surface area contributed by atoms with Crippen molar-refractivity contribution in [1.82, 2.24) is 24.1 Å². The van der Waals surface area contributed by atoms with Crippen LogP contribution in [-0.2, 0) is 21.6 Å². The lowest BCUT2D eigenvalue weighted by Gasteiger charge is -2.26. The van der Waals surface area contributed by atoms with Crippen LogP contribution < -0.4 is 21.7 Å². The number of thiophene rings is 1. The molecule has 13 heteroatoms. The van der Waals surface area contributed by atoms with Crippen molar-refractivity contribution in [2.75, 3.05) is 13.7 Å². The summed E-state index contributed by atoms with van der Waals surface area (Å²) in [6.07, 6.45) is 2.42. The first-order valence-electron chi connectivity index (χ1n) is 11.7. The zero-order valence-corrected chi connectivity index (χ0v) is 22.2. The molecule has 0 bridgehead atoms. The molecule has 0 unspecified atom stereocenters. The molecule has 0 aliphatic rings. The SMILES string of the molecule is COc1ccccc1[C@H](Cn1c(=O)n(C(C)(C)C(N)=O)c(=O)c2c(C)c(-n3nccn3)sc21)OCCC#N. The molecule has 0 saturated carbocycles. The Labute approximate surface area is 221 Å². The third kappa shape index (κ3) is 4.59. The Morgan fingerprint density at radius 2 is 1.92 bits per heavy atom. The number of aryl methyl sites for hydroxylation is 1. The van der Waals surface area contributed by atoms with E-state index in [2.05, 4.69) is 10.2 Å². The van der Waals surface area contributed by atoms with Gasteiger partial charge < -0.3 is 15.2 Å². The number of ether oxygens (including phenoxy) is 2. The number of amides is 1. The molecule has 1 atom stereocenters. The standard InChI is InChI=1S/C25H27N7O5S/c1-15-19-20(33)31(25(2,3)23(27)34)24(35)30(22(19)38-21(15)32-28-11-12-29-32)14-18(37-13-7-10-26)16-8-5-6-9-17(16)36-4/h5-6,8-9,11-12,18H,7,13-14H2,1-4H3,(H2,27,34)/t18-/m0/s1. The van der Waals surface area contributed by atoms with Crippen molar-refractivity contribution in [2.24, 2.45) is 5.73 Å². The van der Waals surface area contributed by atoms with Gasteiger partial charge in [-0.15, -0.1) is 4.80 Å². The van der Waals surface area contributed by atoms with Crippen LogP contribution in [0, 0.1) is 18.3 Å². The van der Waals surface area contributed by atoms with Crippen molar-refractivity contribution in [3.05, 3.63) is 68.6 Å². The van der Waals surface area contributed by atoms with E-state index in [1.54, 1.807) is 25.1 Å². The summed E-state index contributed by atoms with van der Waals surface area (Å²) in [5.74, 6) is -0.302. The lowest BCUT2D eigenvalue weighted by molar-refractivity contribution is -0.125. The molecule has 3 heterocycles. The van der Waals surface area contributed by atoms with E-state index in [0.717, 1.165) is 4.57 Å². The smallest absolute Gasteiger partial charge is 0.333 e. The van der Waals surface area contributed by atoms with Crippen LogP contribution in [-0.4, -0.2) is 43.8 Å². The maximum atomic E-state index is 14.0. The largest absolute Gasteiger partial charge is 0.496 e. The van der Waals surface area contributed by atoms with Gasteiger partial charge in [0.15, 0.2) is 0 Å². The highest BCUT2D eigenvalue weighted by Crippen LogP contribution is 2.34. The molecule has 3 aromatic heterocycles. The number of nitriles is 1. The van der Waals surface area contributed by atoms with Crippen molar-refractivity contribution < 1.29 is 14.3 Å². The number of carbonyl (C=O) groups excluding carboxylic acids is 1. The van der Waals surface area contributed by atoms with Crippen LogP contribution in [0.25, 0.3) is 15.2 Å². The minimum atomic E-state index is -1.62. The van der Waals surface area contributed by atoms with Crippen LogP contribution in [0.15, 0.2) is 46.2 Å². The molecular formula is C25H27N7O5S. The Morgan fingerprint density at radius 1 is 1.24 bits per heavy atom. The van der Waals surface area contributed by atoms with Gasteiger partial charge in [-0.05, 0) is 26.8 Å². The second-order valence-corrected chi connectivity index (χ2v) is 9.97. The fourth-order valence-corrected chi connectivity index (χ4v) is 5.42. The second-order valence-electron chi connectivity index (χ2n) is 9.00. The monoisotopic (exact) mass is 537 g/mol. The van der Waals surface area contributed by atoms with E-state index in [1.807, 2.05) is 12.1 Å². The Kier molecular flexibility index (Phi) is 7.47. The van der Waals surface area contributed by atoms with E-state index >= 15 is 0 Å². The molecule has 0 saturated heterocycles. The summed E-state index contributed by atoms with van der Waals surface area (Å²) in [6.45, 7) is 4.65. The Bertz CT molecular complexity index is 1640. The summed E-state index contributed by atoms with van der Waals surface area (Å²) in [7, 11) is 1.52. The molecule has 38 heavy (non-hydrogen) atoms. The number of fused-ring (bicyclic) bond motifs is 1. The minimum absolute atomic E-state index is 0.0395. The lowest BCUT2D eigenvalue weighted by Crippen LogP contribution is -2.54. The number of hydrogen-bond donors (Lipinski definition) is 1. The van der Waals surface area contributed by atoms with Crippen LogP contribution >= 0.6 is 11.3 Å². The number of primary amides is 1. The van der Waals surface area contributed by atoms with Crippen LogP contribution in [0.5, 0.6) is 5.75 Å². The summed E-state index contributed by atoms with van der Waals surface area (Å²) in [5, 5.41) is 18.2. The van der Waals surface area contributed by atoms with Gasteiger partial charge in [0.05, 0.1) is 50.5 Å². The molecule has 0 radical (unpaired) electrons. The Hall–Kier alpha value is -4.28. The average molecular weight is 538 g/mol. The fraction of sp³-hybridized carbons (Fsp3) is 0.360. The predicted molar refractivity (Wildman–Crippen MR) is 140 cm³/mol. The van der Waals surface area contributed by atoms with E-state index < -0.39 is 28.8 Å². The van der Waals surface area contributed by atoms with Crippen molar-refractivity contribution in [1.29, 1.82) is 5.26 Å². The number of hydrogen-bond acceptors (Lipinski definition) is 9. The maximum absolute atomic E-state index is 14.0. The van der Waals surface area contributed by atoms with E-state index in [1.165, 1.54) is 54.1 Å². The Balaban J connectivity index is 2.02. The quantitative estimate of drug-likeness (QED) is 0.301. The van der Waals surface area contributed by atoms with Crippen LogP contribution in [0.4, 0.5) is 0 Å². The van der Waals surface area contributed by atoms with Gasteiger partial charge in [0, 0.05) is 11.1 Å². The molecule has 0 aliphatic heterocycles. The molecule has 0 spiro atoms. The third-order valence-electron chi connectivity index (χ3n) is 6.32. The lowest BCUT2D eigenvalue weighted by atomic mass is 10.0. The number of aromatic nitrogens is 5. The molecule has 198 valence electrons. The van der Waals surface area contributed by atoms with Crippen LogP contribution in [0.3, 0.4) is 0 Å². The summed E-state index contributed by atoms with van der Waals surface area (Å²) in [5.41, 5.74) is 3.84. The van der Waals surface area contributed by atoms with Gasteiger partial charge in [-0.3, -0.25) is 14.2 Å². The number of rotatable bonds is 10. The summed E-state index contributed by atoms with van der Waals surface area (Å²) in [6, 6.07) is 9.24. The first kappa shape index (κ1) is 26.8. The number of nitrogens with zero attached hydrogens (tertiary/aromatic N) is 6. The van der Waals surface area contributed by atoms with E-state index in [4.69, 9.17) is 20.5 Å². The second kappa shape index (κ2) is 10.6. The number of methoxy groups -OCH3 is 1. The zero-order chi connectivity index (χ0) is 27.6. The van der Waals surface area contributed by atoms with Gasteiger partial charge in [0.25, 0.3) is 5.56 Å². The highest BCUT2D eigenvalue weighted by molar-refractivity contribution is 7.21. The van der Waals surface area contributed by atoms with E-state index in [-0.39, 0.29) is 25.0 Å². The van der Waals surface area contributed by atoms with Gasteiger partial charge in [-0.2, -0.15) is 15.5 Å². The van der Waals surface area contributed by atoms with Crippen molar-refractivity contribution in [3.63, 3.8) is 0 Å². The summed E-state index contributed by atoms with van der Waals surface area (Å²) < 4.78 is 13.9. The van der Waals surface area contributed by atoms with Gasteiger partial charge in [-0.1, -0.05) is 29.5 Å². The number of benzene rings is 1. The third-order valence-corrected chi connectivity index (χ3v) is 7.60. The highest BCUT2D eigenvalue weighted by atomic mass is 32.1. The first-order chi connectivity index (χ1) is 18.1. The van der Waals surface area contributed by atoms with Gasteiger partial charge in [-0.25, -0.2) is 9.36 Å². The number of nitrogens with two attached hydrogens (primary N) is 1. The molecule has 0 fully saturated rings. The van der Waals surface area contributed by atoms with E-state index in [0.29, 0.717) is 26.7 Å². The molecule has 1 amide bonds. The Morgan fingerprint density at radius 3 is 2.55 bits per heavy atom. The molecule has 4 rings (SSSR count).